The van der Waals surface area contributed by atoms with Crippen LogP contribution in [0, 0.1) is 0 Å². The Morgan fingerprint density at radius 2 is 0.844 bits per heavy atom. The third-order valence-corrected chi connectivity index (χ3v) is 11.9. The smallest absolute Gasteiger partial charge is 0.306 e. The Balaban J connectivity index is 4.65. The number of aliphatic hydroxyl groups excluding tert-OH is 2. The van der Waals surface area contributed by atoms with E-state index in [-0.39, 0.29) is 24.9 Å². The summed E-state index contributed by atoms with van der Waals surface area (Å²) < 4.78 is 5.91. The Hall–Kier alpha value is -2.96. The summed E-state index contributed by atoms with van der Waals surface area (Å²) in [5, 5.41) is 23.8. The second kappa shape index (κ2) is 51.0. The van der Waals surface area contributed by atoms with Crippen molar-refractivity contribution in [2.24, 2.45) is 0 Å². The van der Waals surface area contributed by atoms with Crippen molar-refractivity contribution in [1.82, 2.24) is 5.32 Å². The number of ether oxygens (including phenoxy) is 1. The van der Waals surface area contributed by atoms with E-state index in [1.807, 2.05) is 24.3 Å². The predicted molar refractivity (Wildman–Crippen MR) is 278 cm³/mol. The molecule has 0 aliphatic rings. The SMILES string of the molecule is CC/C=C/C=C/C=C/C=C\CCCCCC(CC(=O)NC(CO)C(O)CCCCCCCCCCCCCCCC)OC(=O)CCCCCCC/C=C/C=C/C=C/CCCCCCC. The van der Waals surface area contributed by atoms with Gasteiger partial charge in [0.2, 0.25) is 5.91 Å². The second-order valence-corrected chi connectivity index (χ2v) is 18.0. The zero-order valence-corrected chi connectivity index (χ0v) is 41.9. The molecule has 3 unspecified atom stereocenters. The van der Waals surface area contributed by atoms with Gasteiger partial charge in [0.05, 0.1) is 25.2 Å². The highest BCUT2D eigenvalue weighted by Crippen LogP contribution is 2.17. The van der Waals surface area contributed by atoms with Crippen molar-refractivity contribution in [3.8, 4) is 0 Å². The fourth-order valence-corrected chi connectivity index (χ4v) is 7.80. The summed E-state index contributed by atoms with van der Waals surface area (Å²) in [4.78, 5) is 26.2. The zero-order valence-electron chi connectivity index (χ0n) is 41.9. The van der Waals surface area contributed by atoms with E-state index in [4.69, 9.17) is 4.74 Å². The van der Waals surface area contributed by atoms with Crippen LogP contribution in [-0.2, 0) is 14.3 Å². The predicted octanol–water partition coefficient (Wildman–Crippen LogP) is 16.3. The summed E-state index contributed by atoms with van der Waals surface area (Å²) in [7, 11) is 0. The summed E-state index contributed by atoms with van der Waals surface area (Å²) in [6, 6.07) is -0.723. The van der Waals surface area contributed by atoms with Gasteiger partial charge < -0.3 is 20.3 Å². The van der Waals surface area contributed by atoms with Crippen LogP contribution >= 0.6 is 0 Å². The maximum absolute atomic E-state index is 13.2. The lowest BCUT2D eigenvalue weighted by Gasteiger charge is -2.24. The maximum Gasteiger partial charge on any atom is 0.306 e. The van der Waals surface area contributed by atoms with Crippen LogP contribution < -0.4 is 5.32 Å². The van der Waals surface area contributed by atoms with Gasteiger partial charge >= 0.3 is 5.97 Å². The van der Waals surface area contributed by atoms with Crippen molar-refractivity contribution < 1.29 is 24.5 Å². The van der Waals surface area contributed by atoms with Gasteiger partial charge in [0.25, 0.3) is 0 Å². The number of amides is 1. The minimum Gasteiger partial charge on any atom is -0.462 e. The number of aliphatic hydroxyl groups is 2. The fourth-order valence-electron chi connectivity index (χ4n) is 7.80. The Kier molecular flexibility index (Phi) is 48.7. The van der Waals surface area contributed by atoms with E-state index in [0.29, 0.717) is 19.3 Å². The van der Waals surface area contributed by atoms with Gasteiger partial charge in [-0.15, -0.1) is 0 Å². The normalized spacial score (nSPS) is 13.9. The molecule has 368 valence electrons. The number of nitrogens with one attached hydrogen (secondary N) is 1. The van der Waals surface area contributed by atoms with Crippen LogP contribution in [0.5, 0.6) is 0 Å². The first-order valence-electron chi connectivity index (χ1n) is 26.9. The molecule has 0 saturated heterocycles. The van der Waals surface area contributed by atoms with Crippen LogP contribution in [0.25, 0.3) is 0 Å². The molecular weight excluding hydrogens is 791 g/mol. The molecule has 3 atom stereocenters. The monoisotopic (exact) mass is 892 g/mol. The van der Waals surface area contributed by atoms with Crippen LogP contribution in [0.1, 0.15) is 245 Å². The number of hydrogen-bond donors (Lipinski definition) is 3. The largest absolute Gasteiger partial charge is 0.462 e. The lowest BCUT2D eigenvalue weighted by molar-refractivity contribution is -0.151. The molecule has 0 aliphatic heterocycles. The van der Waals surface area contributed by atoms with Gasteiger partial charge in [-0.2, -0.15) is 0 Å². The zero-order chi connectivity index (χ0) is 46.7. The van der Waals surface area contributed by atoms with E-state index < -0.39 is 18.2 Å². The molecular formula is C58H101NO5. The lowest BCUT2D eigenvalue weighted by Crippen LogP contribution is -2.46. The molecule has 0 fully saturated rings. The van der Waals surface area contributed by atoms with E-state index in [0.717, 1.165) is 96.3 Å². The third-order valence-electron chi connectivity index (χ3n) is 11.9. The number of rotatable bonds is 47. The highest BCUT2D eigenvalue weighted by Gasteiger charge is 2.24. The molecule has 0 heterocycles. The van der Waals surface area contributed by atoms with Gasteiger partial charge in [0, 0.05) is 6.42 Å². The van der Waals surface area contributed by atoms with E-state index in [1.54, 1.807) is 0 Å². The van der Waals surface area contributed by atoms with E-state index in [9.17, 15) is 19.8 Å². The molecule has 0 rings (SSSR count). The van der Waals surface area contributed by atoms with Gasteiger partial charge in [0.1, 0.15) is 6.10 Å². The van der Waals surface area contributed by atoms with Crippen LogP contribution in [0.2, 0.25) is 0 Å². The number of esters is 1. The molecule has 1 amide bonds. The van der Waals surface area contributed by atoms with Gasteiger partial charge in [-0.25, -0.2) is 0 Å². The molecule has 0 radical (unpaired) electrons. The van der Waals surface area contributed by atoms with Crippen molar-refractivity contribution in [1.29, 1.82) is 0 Å². The molecule has 6 heteroatoms. The number of hydrogen-bond acceptors (Lipinski definition) is 5. The van der Waals surface area contributed by atoms with E-state index >= 15 is 0 Å². The first-order chi connectivity index (χ1) is 31.5. The molecule has 0 aromatic carbocycles. The van der Waals surface area contributed by atoms with Gasteiger partial charge in [0.15, 0.2) is 0 Å². The quantitative estimate of drug-likeness (QED) is 0.0321. The summed E-state index contributed by atoms with van der Waals surface area (Å²) in [6.45, 7) is 6.32. The van der Waals surface area contributed by atoms with Gasteiger partial charge in [-0.05, 0) is 70.6 Å². The number of carbonyl (C=O) groups excluding carboxylic acids is 2. The molecule has 0 bridgehead atoms. The van der Waals surface area contributed by atoms with Crippen LogP contribution in [0.4, 0.5) is 0 Å². The Labute approximate surface area is 395 Å². The van der Waals surface area contributed by atoms with Gasteiger partial charge in [-0.1, -0.05) is 247 Å². The Morgan fingerprint density at radius 3 is 1.30 bits per heavy atom. The van der Waals surface area contributed by atoms with Crippen LogP contribution in [0.15, 0.2) is 85.1 Å². The number of unbranched alkanes of at least 4 members (excludes halogenated alkanes) is 26. The van der Waals surface area contributed by atoms with E-state index in [2.05, 4.69) is 86.8 Å². The number of allylic oxidation sites excluding steroid dienone is 14. The van der Waals surface area contributed by atoms with Gasteiger partial charge in [-0.3, -0.25) is 9.59 Å². The fraction of sp³-hybridized carbons (Fsp3) is 0.724. The summed E-state index contributed by atoms with van der Waals surface area (Å²) in [5.74, 6) is -0.538. The lowest BCUT2D eigenvalue weighted by atomic mass is 10.0. The molecule has 6 nitrogen and oxygen atoms in total. The Morgan fingerprint density at radius 1 is 0.469 bits per heavy atom. The van der Waals surface area contributed by atoms with Crippen LogP contribution in [-0.4, -0.2) is 46.9 Å². The second-order valence-electron chi connectivity index (χ2n) is 18.0. The first kappa shape index (κ1) is 61.0. The highest BCUT2D eigenvalue weighted by atomic mass is 16.5. The Bertz CT molecular complexity index is 1230. The third kappa shape index (κ3) is 45.6. The first-order valence-corrected chi connectivity index (χ1v) is 26.9. The van der Waals surface area contributed by atoms with Crippen molar-refractivity contribution in [3.05, 3.63) is 85.1 Å². The topological polar surface area (TPSA) is 95.9 Å². The average molecular weight is 892 g/mol. The molecule has 0 saturated carbocycles. The number of carbonyl (C=O) groups is 2. The molecule has 0 aromatic rings. The average Bonchev–Trinajstić information content (AvgIpc) is 3.29. The molecule has 0 aliphatic carbocycles. The summed E-state index contributed by atoms with van der Waals surface area (Å²) in [6.07, 6.45) is 66.4. The standard InChI is InChI=1S/C58H101NO5/c1-4-7-10-13-16-19-22-25-27-28-29-30-33-36-39-42-45-48-51-58(63)64-54(49-46-43-40-37-34-31-24-21-18-15-12-9-6-3)52-57(62)59-55(53-60)56(61)50-47-44-41-38-35-32-26-23-20-17-14-11-8-5-2/h9,12,15,18,21-22,24-25,27-31,34,54-56,60-61H,4-8,10-11,13-14,16-17,19-20,23,26,32-33,35-53H2,1-3H3,(H,59,62)/b12-9+,18-15+,24-21+,25-22+,28-27+,30-29+,34-31-. The van der Waals surface area contributed by atoms with Crippen molar-refractivity contribution in [3.63, 3.8) is 0 Å². The van der Waals surface area contributed by atoms with E-state index in [1.165, 1.54) is 103 Å². The minimum absolute atomic E-state index is 0.0393. The maximum atomic E-state index is 13.2. The minimum atomic E-state index is -0.807. The highest BCUT2D eigenvalue weighted by molar-refractivity contribution is 5.77. The summed E-state index contributed by atoms with van der Waals surface area (Å²) in [5.41, 5.74) is 0. The summed E-state index contributed by atoms with van der Waals surface area (Å²) >= 11 is 0. The van der Waals surface area contributed by atoms with Crippen molar-refractivity contribution in [2.75, 3.05) is 6.61 Å². The molecule has 0 aromatic heterocycles. The molecule has 64 heavy (non-hydrogen) atoms. The molecule has 0 spiro atoms. The van der Waals surface area contributed by atoms with Crippen molar-refractivity contribution in [2.45, 2.75) is 264 Å². The van der Waals surface area contributed by atoms with Crippen molar-refractivity contribution >= 4 is 11.9 Å². The van der Waals surface area contributed by atoms with Crippen LogP contribution in [0.3, 0.4) is 0 Å². The molecule has 3 N–H and O–H groups in total.